The van der Waals surface area contributed by atoms with E-state index in [2.05, 4.69) is 4.90 Å². The van der Waals surface area contributed by atoms with Crippen LogP contribution in [-0.2, 0) is 24.3 Å². The molecule has 3 saturated heterocycles. The summed E-state index contributed by atoms with van der Waals surface area (Å²) in [5, 5.41) is 0.401. The number of piperazine rings is 1. The summed E-state index contributed by atoms with van der Waals surface area (Å²) < 4.78 is 69.9. The highest BCUT2D eigenvalue weighted by Gasteiger charge is 2.62. The molecule has 0 saturated carbocycles. The summed E-state index contributed by atoms with van der Waals surface area (Å²) in [6.45, 7) is 3.27. The van der Waals surface area contributed by atoms with Crippen LogP contribution in [0.4, 0.5) is 8.78 Å². The molecule has 0 N–H and O–H groups in total. The summed E-state index contributed by atoms with van der Waals surface area (Å²) in [6, 6.07) is 6.38. The van der Waals surface area contributed by atoms with Gasteiger partial charge >= 0.3 is 5.97 Å². The van der Waals surface area contributed by atoms with E-state index in [0.717, 1.165) is 36.7 Å². The standard InChI is InChI=1S/C28H32ClF2N3O6S/c1-2-39-27(36)28-11-10-20(16-33(18-28)25(35)17-32-12-4-3-5-13-32)34(28)41(37,38)22-14-23(30)26(24(31)15-22)40-21-8-6-19(29)7-9-21/h6-9,14-15,20H,2-5,10-13,16-18H2,1H3. The number of piperidine rings is 1. The Bertz CT molecular complexity index is 1400. The number of esters is 1. The van der Waals surface area contributed by atoms with E-state index in [0.29, 0.717) is 17.2 Å². The van der Waals surface area contributed by atoms with Crippen LogP contribution in [0.1, 0.15) is 39.0 Å². The molecule has 1 amide bonds. The fourth-order valence-electron chi connectivity index (χ4n) is 6.00. The SMILES string of the molecule is CCOC(=O)C12CCC(CN(C(=O)CN3CCCCC3)C1)N2S(=O)(=O)c1cc(F)c(Oc2ccc(Cl)cc2)c(F)c1. The van der Waals surface area contributed by atoms with Gasteiger partial charge in [0.05, 0.1) is 24.6 Å². The average molecular weight is 612 g/mol. The van der Waals surface area contributed by atoms with Gasteiger partial charge in [0, 0.05) is 17.6 Å². The summed E-state index contributed by atoms with van der Waals surface area (Å²) >= 11 is 5.84. The molecule has 3 fully saturated rings. The van der Waals surface area contributed by atoms with Crippen LogP contribution in [0.5, 0.6) is 11.5 Å². The number of likely N-dealkylation sites (tertiary alicyclic amines) is 2. The fourth-order valence-corrected chi connectivity index (χ4v) is 8.10. The Morgan fingerprint density at radius 2 is 1.73 bits per heavy atom. The first-order valence-corrected chi connectivity index (χ1v) is 15.5. The van der Waals surface area contributed by atoms with Gasteiger partial charge in [-0.3, -0.25) is 9.69 Å². The van der Waals surface area contributed by atoms with Crippen LogP contribution < -0.4 is 4.74 Å². The largest absolute Gasteiger partial charge is 0.465 e. The van der Waals surface area contributed by atoms with E-state index in [1.54, 1.807) is 6.92 Å². The first-order chi connectivity index (χ1) is 19.5. The van der Waals surface area contributed by atoms with Gasteiger partial charge in [0.15, 0.2) is 22.9 Å². The topological polar surface area (TPSA) is 96.5 Å². The first-order valence-electron chi connectivity index (χ1n) is 13.7. The van der Waals surface area contributed by atoms with Crippen LogP contribution in [-0.4, -0.2) is 85.3 Å². The Morgan fingerprint density at radius 3 is 2.37 bits per heavy atom. The quantitative estimate of drug-likeness (QED) is 0.413. The Hall–Kier alpha value is -2.80. The predicted molar refractivity (Wildman–Crippen MR) is 146 cm³/mol. The number of amides is 1. The molecule has 0 aliphatic carbocycles. The third kappa shape index (κ3) is 5.79. The number of hydrogen-bond acceptors (Lipinski definition) is 7. The van der Waals surface area contributed by atoms with Gasteiger partial charge in [0.25, 0.3) is 0 Å². The van der Waals surface area contributed by atoms with Crippen molar-refractivity contribution in [2.75, 3.05) is 39.3 Å². The van der Waals surface area contributed by atoms with Gasteiger partial charge in [-0.2, -0.15) is 4.31 Å². The second kappa shape index (κ2) is 11.8. The van der Waals surface area contributed by atoms with Crippen molar-refractivity contribution in [3.8, 4) is 11.5 Å². The lowest BCUT2D eigenvalue weighted by Gasteiger charge is -2.46. The number of sulfonamides is 1. The van der Waals surface area contributed by atoms with Crippen molar-refractivity contribution in [2.45, 2.75) is 55.5 Å². The maximum absolute atomic E-state index is 15.1. The molecule has 41 heavy (non-hydrogen) atoms. The summed E-state index contributed by atoms with van der Waals surface area (Å²) in [4.78, 5) is 29.6. The molecule has 2 atom stereocenters. The molecule has 0 spiro atoms. The maximum atomic E-state index is 15.1. The van der Waals surface area contributed by atoms with Crippen molar-refractivity contribution in [3.05, 3.63) is 53.1 Å². The normalized spacial score (nSPS) is 23.4. The Balaban J connectivity index is 1.44. The van der Waals surface area contributed by atoms with Crippen molar-refractivity contribution < 1.29 is 36.3 Å². The van der Waals surface area contributed by atoms with E-state index in [1.165, 1.54) is 29.2 Å². The van der Waals surface area contributed by atoms with Gasteiger partial charge in [0.2, 0.25) is 15.9 Å². The molecule has 0 aromatic heterocycles. The number of carbonyl (C=O) groups is 2. The van der Waals surface area contributed by atoms with Crippen LogP contribution in [0.2, 0.25) is 5.02 Å². The smallest absolute Gasteiger partial charge is 0.329 e. The summed E-state index contributed by atoms with van der Waals surface area (Å²) in [5.41, 5.74) is -1.71. The number of rotatable bonds is 8. The van der Waals surface area contributed by atoms with Gasteiger partial charge in [-0.25, -0.2) is 22.0 Å². The van der Waals surface area contributed by atoms with E-state index < -0.39 is 49.9 Å². The minimum atomic E-state index is -4.61. The molecule has 2 bridgehead atoms. The van der Waals surface area contributed by atoms with Crippen LogP contribution >= 0.6 is 11.6 Å². The Kier molecular flexibility index (Phi) is 8.56. The third-order valence-electron chi connectivity index (χ3n) is 7.91. The minimum absolute atomic E-state index is 0.000845. The van der Waals surface area contributed by atoms with Crippen LogP contribution in [0.25, 0.3) is 0 Å². The highest BCUT2D eigenvalue weighted by atomic mass is 35.5. The van der Waals surface area contributed by atoms with E-state index >= 15 is 8.78 Å². The molecule has 13 heteroatoms. The van der Waals surface area contributed by atoms with Crippen molar-refractivity contribution >= 4 is 33.5 Å². The van der Waals surface area contributed by atoms with Crippen LogP contribution in [0.15, 0.2) is 41.3 Å². The van der Waals surface area contributed by atoms with Crippen molar-refractivity contribution in [2.24, 2.45) is 0 Å². The molecule has 0 radical (unpaired) electrons. The van der Waals surface area contributed by atoms with Crippen molar-refractivity contribution in [1.29, 1.82) is 0 Å². The van der Waals surface area contributed by atoms with Crippen molar-refractivity contribution in [3.63, 3.8) is 0 Å². The molecule has 5 rings (SSSR count). The summed E-state index contributed by atoms with van der Waals surface area (Å²) in [5.74, 6) is -4.11. The first kappa shape index (κ1) is 29.7. The highest BCUT2D eigenvalue weighted by molar-refractivity contribution is 7.89. The third-order valence-corrected chi connectivity index (χ3v) is 10.2. The maximum Gasteiger partial charge on any atom is 0.329 e. The molecular weight excluding hydrogens is 580 g/mol. The van der Waals surface area contributed by atoms with Gasteiger partial charge < -0.3 is 14.4 Å². The zero-order valence-electron chi connectivity index (χ0n) is 22.7. The molecule has 222 valence electrons. The van der Waals surface area contributed by atoms with Gasteiger partial charge in [-0.1, -0.05) is 18.0 Å². The van der Waals surface area contributed by atoms with Gasteiger partial charge in [0.1, 0.15) is 5.75 Å². The van der Waals surface area contributed by atoms with E-state index in [-0.39, 0.29) is 50.7 Å². The monoisotopic (exact) mass is 611 g/mol. The Labute approximate surface area is 243 Å². The molecule has 9 nitrogen and oxygen atoms in total. The van der Waals surface area contributed by atoms with E-state index in [4.69, 9.17) is 21.1 Å². The molecule has 3 aliphatic heterocycles. The van der Waals surface area contributed by atoms with Crippen molar-refractivity contribution in [1.82, 2.24) is 14.1 Å². The number of halogens is 3. The number of benzene rings is 2. The highest BCUT2D eigenvalue weighted by Crippen LogP contribution is 2.45. The van der Waals surface area contributed by atoms with Gasteiger partial charge in [-0.05, 0) is 82.1 Å². The number of carbonyl (C=O) groups excluding carboxylic acids is 2. The zero-order chi connectivity index (χ0) is 29.4. The molecule has 3 aliphatic rings. The lowest BCUT2D eigenvalue weighted by atomic mass is 9.96. The second-order valence-electron chi connectivity index (χ2n) is 10.6. The molecule has 3 heterocycles. The molecule has 2 aromatic rings. The average Bonchev–Trinajstić information content (AvgIpc) is 3.20. The number of hydrogen-bond donors (Lipinski definition) is 0. The minimum Gasteiger partial charge on any atom is -0.465 e. The van der Waals surface area contributed by atoms with Crippen LogP contribution in [0, 0.1) is 11.6 Å². The molecule has 2 aromatic carbocycles. The number of nitrogens with zero attached hydrogens (tertiary/aromatic N) is 3. The van der Waals surface area contributed by atoms with Crippen LogP contribution in [0.3, 0.4) is 0 Å². The molecule has 2 unspecified atom stereocenters. The predicted octanol–water partition coefficient (Wildman–Crippen LogP) is 4.19. The van der Waals surface area contributed by atoms with Gasteiger partial charge in [-0.15, -0.1) is 0 Å². The summed E-state index contributed by atoms with van der Waals surface area (Å²) in [6.07, 6.45) is 3.53. The second-order valence-corrected chi connectivity index (χ2v) is 12.9. The Morgan fingerprint density at radius 1 is 1.07 bits per heavy atom. The van der Waals surface area contributed by atoms with E-state index in [9.17, 15) is 18.0 Å². The lowest BCUT2D eigenvalue weighted by molar-refractivity contribution is -0.159. The van der Waals surface area contributed by atoms with E-state index in [1.807, 2.05) is 0 Å². The zero-order valence-corrected chi connectivity index (χ0v) is 24.2. The number of ether oxygens (including phenoxy) is 2. The number of fused-ring (bicyclic) bond motifs is 2. The molecular formula is C28H32ClF2N3O6S. The summed E-state index contributed by atoms with van der Waals surface area (Å²) in [7, 11) is -4.61. The fraction of sp³-hybridized carbons (Fsp3) is 0.500. The lowest BCUT2D eigenvalue weighted by Crippen LogP contribution is -2.68.